The number of piperidine rings is 2. The van der Waals surface area contributed by atoms with Crippen LogP contribution in [0, 0.1) is 5.41 Å². The fourth-order valence-electron chi connectivity index (χ4n) is 4.39. The predicted molar refractivity (Wildman–Crippen MR) is 129 cm³/mol. The topological polar surface area (TPSA) is 126 Å². The average Bonchev–Trinajstić information content (AvgIpc) is 2.80. The zero-order chi connectivity index (χ0) is 25.9. The fraction of sp³-hybridized carbons (Fsp3) is 0.423. The van der Waals surface area contributed by atoms with Gasteiger partial charge in [-0.2, -0.15) is 0 Å². The number of carboxylic acid groups (broad SMARTS) is 1. The number of amides is 3. The van der Waals surface area contributed by atoms with Crippen molar-refractivity contribution >= 4 is 29.6 Å². The number of aliphatic carboxylic acids is 1. The van der Waals surface area contributed by atoms with Gasteiger partial charge in [-0.05, 0) is 29.2 Å². The summed E-state index contributed by atoms with van der Waals surface area (Å²) in [6, 6.07) is 9.97. The molecule has 0 bridgehead atoms. The van der Waals surface area contributed by atoms with Crippen molar-refractivity contribution in [3.63, 3.8) is 0 Å². The predicted octanol–water partition coefficient (Wildman–Crippen LogP) is 3.43. The van der Waals surface area contributed by atoms with Crippen LogP contribution in [-0.2, 0) is 20.8 Å². The highest BCUT2D eigenvalue weighted by Gasteiger charge is 2.38. The third kappa shape index (κ3) is 6.18. The van der Waals surface area contributed by atoms with E-state index in [-0.39, 0.29) is 48.5 Å². The number of ether oxygens (including phenoxy) is 2. The van der Waals surface area contributed by atoms with Gasteiger partial charge in [0.25, 0.3) is 0 Å². The zero-order valence-electron chi connectivity index (χ0n) is 20.3. The SMILES string of the molecule is CC1(C)CC(=O)N(c2ccc(OC(=O)N3CCC(Oc4ccc(CC(=O)O)cc4)CC3)nc2)C(=O)C1. The molecule has 2 saturated heterocycles. The fourth-order valence-corrected chi connectivity index (χ4v) is 4.39. The van der Waals surface area contributed by atoms with Gasteiger partial charge in [-0.25, -0.2) is 14.7 Å². The molecule has 2 aliphatic heterocycles. The molecular weight excluding hydrogens is 466 g/mol. The molecule has 0 saturated carbocycles. The third-order valence-corrected chi connectivity index (χ3v) is 6.21. The van der Waals surface area contributed by atoms with Crippen molar-refractivity contribution in [2.75, 3.05) is 18.0 Å². The van der Waals surface area contributed by atoms with Crippen LogP contribution in [0.25, 0.3) is 0 Å². The Hall–Kier alpha value is -3.95. The Morgan fingerprint density at radius 3 is 2.22 bits per heavy atom. The number of nitrogens with zero attached hydrogens (tertiary/aromatic N) is 3. The van der Waals surface area contributed by atoms with Gasteiger partial charge in [0.1, 0.15) is 11.9 Å². The number of aromatic nitrogens is 1. The van der Waals surface area contributed by atoms with Crippen LogP contribution in [0.5, 0.6) is 11.6 Å². The van der Waals surface area contributed by atoms with Gasteiger partial charge in [0.05, 0.1) is 18.3 Å². The number of pyridine rings is 1. The van der Waals surface area contributed by atoms with E-state index in [1.54, 1.807) is 35.2 Å². The number of carboxylic acids is 1. The maximum absolute atomic E-state index is 12.6. The second kappa shape index (κ2) is 10.3. The van der Waals surface area contributed by atoms with Gasteiger partial charge < -0.3 is 19.5 Å². The van der Waals surface area contributed by atoms with Crippen molar-refractivity contribution in [3.8, 4) is 11.6 Å². The largest absolute Gasteiger partial charge is 0.490 e. The number of rotatable bonds is 6. The van der Waals surface area contributed by atoms with Crippen LogP contribution in [0.4, 0.5) is 10.5 Å². The van der Waals surface area contributed by atoms with Crippen LogP contribution in [0.2, 0.25) is 0 Å². The first kappa shape index (κ1) is 25.2. The number of imide groups is 1. The van der Waals surface area contributed by atoms with Crippen molar-refractivity contribution in [3.05, 3.63) is 48.2 Å². The summed E-state index contributed by atoms with van der Waals surface area (Å²) in [4.78, 5) is 55.1. The minimum absolute atomic E-state index is 0.0365. The van der Waals surface area contributed by atoms with Crippen molar-refractivity contribution in [1.29, 1.82) is 0 Å². The van der Waals surface area contributed by atoms with Gasteiger partial charge in [-0.15, -0.1) is 0 Å². The normalized spacial score (nSPS) is 18.2. The lowest BCUT2D eigenvalue weighted by atomic mass is 9.81. The van der Waals surface area contributed by atoms with Crippen molar-refractivity contribution in [2.24, 2.45) is 5.41 Å². The highest BCUT2D eigenvalue weighted by Crippen LogP contribution is 2.34. The quantitative estimate of drug-likeness (QED) is 0.604. The Morgan fingerprint density at radius 1 is 1.03 bits per heavy atom. The molecule has 1 N–H and O–H groups in total. The van der Waals surface area contributed by atoms with Gasteiger partial charge in [-0.3, -0.25) is 14.4 Å². The summed E-state index contributed by atoms with van der Waals surface area (Å²) in [5, 5.41) is 8.86. The standard InChI is InChI=1S/C26H29N3O7/c1-26(2)14-22(30)29(23(31)15-26)18-5-8-21(27-16-18)36-25(34)28-11-9-20(10-12-28)35-19-6-3-17(4-7-19)13-24(32)33/h3-8,16,20H,9-15H2,1-2H3,(H,32,33). The molecule has 0 unspecified atom stereocenters. The van der Waals surface area contributed by atoms with Crippen LogP contribution in [0.15, 0.2) is 42.6 Å². The molecule has 0 radical (unpaired) electrons. The van der Waals surface area contributed by atoms with Crippen LogP contribution in [0.3, 0.4) is 0 Å². The van der Waals surface area contributed by atoms with Crippen molar-refractivity contribution < 1.29 is 33.8 Å². The van der Waals surface area contributed by atoms with Crippen LogP contribution in [0.1, 0.15) is 45.1 Å². The summed E-state index contributed by atoms with van der Waals surface area (Å²) in [6.45, 7) is 4.67. The number of carbonyl (C=O) groups excluding carboxylic acids is 3. The summed E-state index contributed by atoms with van der Waals surface area (Å²) >= 11 is 0. The van der Waals surface area contributed by atoms with Gasteiger partial charge in [-0.1, -0.05) is 26.0 Å². The summed E-state index contributed by atoms with van der Waals surface area (Å²) in [6.07, 6.45) is 2.50. The second-order valence-electron chi connectivity index (χ2n) is 9.88. The molecule has 4 rings (SSSR count). The van der Waals surface area contributed by atoms with Crippen molar-refractivity contribution in [2.45, 2.75) is 52.1 Å². The van der Waals surface area contributed by atoms with Crippen LogP contribution >= 0.6 is 0 Å². The first-order valence-electron chi connectivity index (χ1n) is 11.9. The van der Waals surface area contributed by atoms with E-state index in [1.165, 1.54) is 12.3 Å². The first-order chi connectivity index (χ1) is 17.1. The highest BCUT2D eigenvalue weighted by molar-refractivity contribution is 6.16. The van der Waals surface area contributed by atoms with Gasteiger partial charge in [0, 0.05) is 44.8 Å². The molecule has 10 nitrogen and oxygen atoms in total. The molecule has 1 aromatic heterocycles. The number of carbonyl (C=O) groups is 4. The number of anilines is 1. The number of likely N-dealkylation sites (tertiary alicyclic amines) is 1. The Kier molecular flexibility index (Phi) is 7.23. The minimum atomic E-state index is -0.884. The molecule has 10 heteroatoms. The molecule has 2 fully saturated rings. The molecule has 0 aliphatic carbocycles. The third-order valence-electron chi connectivity index (χ3n) is 6.21. The van der Waals surface area contributed by atoms with E-state index in [2.05, 4.69) is 4.98 Å². The molecule has 2 aliphatic rings. The van der Waals surface area contributed by atoms with E-state index >= 15 is 0 Å². The molecule has 2 aromatic rings. The number of benzene rings is 1. The molecule has 0 spiro atoms. The van der Waals surface area contributed by atoms with E-state index in [1.807, 2.05) is 13.8 Å². The number of hydrogen-bond acceptors (Lipinski definition) is 7. The van der Waals surface area contributed by atoms with Gasteiger partial charge in [0.15, 0.2) is 0 Å². The van der Waals surface area contributed by atoms with Crippen molar-refractivity contribution in [1.82, 2.24) is 9.88 Å². The van der Waals surface area contributed by atoms with E-state index in [0.29, 0.717) is 42.9 Å². The molecule has 3 amide bonds. The van der Waals surface area contributed by atoms with E-state index in [9.17, 15) is 19.2 Å². The van der Waals surface area contributed by atoms with E-state index in [0.717, 1.165) is 4.90 Å². The Morgan fingerprint density at radius 2 is 1.67 bits per heavy atom. The summed E-state index contributed by atoms with van der Waals surface area (Å²) in [7, 11) is 0. The smallest absolute Gasteiger partial charge is 0.416 e. The summed E-state index contributed by atoms with van der Waals surface area (Å²) < 4.78 is 11.3. The summed E-state index contributed by atoms with van der Waals surface area (Å²) in [5.74, 6) is -0.692. The molecule has 1 aromatic carbocycles. The minimum Gasteiger partial charge on any atom is -0.490 e. The lowest BCUT2D eigenvalue weighted by Crippen LogP contribution is -2.46. The van der Waals surface area contributed by atoms with Crippen LogP contribution < -0.4 is 14.4 Å². The number of hydrogen-bond donors (Lipinski definition) is 1. The Balaban J connectivity index is 1.26. The average molecular weight is 496 g/mol. The molecular formula is C26H29N3O7. The maximum Gasteiger partial charge on any atom is 0.416 e. The Labute approximate surface area is 208 Å². The van der Waals surface area contributed by atoms with Crippen LogP contribution in [-0.4, -0.2) is 58.1 Å². The molecule has 3 heterocycles. The first-order valence-corrected chi connectivity index (χ1v) is 11.9. The lowest BCUT2D eigenvalue weighted by molar-refractivity contribution is -0.136. The van der Waals surface area contributed by atoms with E-state index in [4.69, 9.17) is 14.6 Å². The van der Waals surface area contributed by atoms with Gasteiger partial charge in [0.2, 0.25) is 17.7 Å². The summed E-state index contributed by atoms with van der Waals surface area (Å²) in [5.41, 5.74) is 0.694. The molecule has 0 atom stereocenters. The zero-order valence-corrected chi connectivity index (χ0v) is 20.3. The van der Waals surface area contributed by atoms with Gasteiger partial charge >= 0.3 is 12.1 Å². The lowest BCUT2D eigenvalue weighted by Gasteiger charge is -2.34. The second-order valence-corrected chi connectivity index (χ2v) is 9.88. The maximum atomic E-state index is 12.6. The molecule has 36 heavy (non-hydrogen) atoms. The monoisotopic (exact) mass is 495 g/mol. The van der Waals surface area contributed by atoms with E-state index < -0.39 is 12.1 Å². The Bertz CT molecular complexity index is 1120. The molecule has 190 valence electrons. The highest BCUT2D eigenvalue weighted by atomic mass is 16.6.